The van der Waals surface area contributed by atoms with Gasteiger partial charge in [-0.3, -0.25) is 0 Å². The zero-order valence-electron chi connectivity index (χ0n) is 9.66. The quantitative estimate of drug-likeness (QED) is 0.432. The van der Waals surface area contributed by atoms with Crippen molar-refractivity contribution in [3.8, 4) is 0 Å². The smallest absolute Gasteiger partial charge is 0.110 e. The zero-order chi connectivity index (χ0) is 12.3. The second-order valence-electron chi connectivity index (χ2n) is 4.37. The van der Waals surface area contributed by atoms with Crippen LogP contribution in [0.4, 0.5) is 0 Å². The van der Waals surface area contributed by atoms with Gasteiger partial charge in [-0.25, -0.2) is 10.4 Å². The summed E-state index contributed by atoms with van der Waals surface area (Å²) in [6, 6.07) is -0.356. The van der Waals surface area contributed by atoms with Crippen LogP contribution in [0.25, 0.3) is 0 Å². The standard InChI is InChI=1S/C10H20N2O5/c13-5-8-10(15)9(14)7(6-17-8)11-12-1-3-16-4-2-12/h7-11,13-15H,1-6H2/t7-,8+,9+,10-/m0/s1. The van der Waals surface area contributed by atoms with Crippen LogP contribution in [0.1, 0.15) is 0 Å². The Balaban J connectivity index is 1.84. The first kappa shape index (κ1) is 13.2. The SMILES string of the molecule is OC[C@H]1OC[C@H](NN2CCOCC2)[C@@H](O)[C@H]1O. The molecule has 2 saturated heterocycles. The summed E-state index contributed by atoms with van der Waals surface area (Å²) in [5.74, 6) is 0. The molecule has 2 fully saturated rings. The largest absolute Gasteiger partial charge is 0.394 e. The highest BCUT2D eigenvalue weighted by molar-refractivity contribution is 4.90. The molecule has 7 heteroatoms. The van der Waals surface area contributed by atoms with E-state index >= 15 is 0 Å². The predicted molar refractivity (Wildman–Crippen MR) is 58.2 cm³/mol. The summed E-state index contributed by atoms with van der Waals surface area (Å²) < 4.78 is 10.5. The molecule has 0 aliphatic carbocycles. The molecule has 0 aromatic rings. The van der Waals surface area contributed by atoms with E-state index in [0.717, 1.165) is 13.1 Å². The molecule has 2 aliphatic rings. The van der Waals surface area contributed by atoms with Gasteiger partial charge in [-0.1, -0.05) is 0 Å². The van der Waals surface area contributed by atoms with Crippen molar-refractivity contribution in [1.29, 1.82) is 0 Å². The molecule has 4 N–H and O–H groups in total. The average molecular weight is 248 g/mol. The van der Waals surface area contributed by atoms with Crippen LogP contribution < -0.4 is 5.43 Å². The normalized spacial score (nSPS) is 40.4. The van der Waals surface area contributed by atoms with Gasteiger partial charge < -0.3 is 24.8 Å². The second kappa shape index (κ2) is 6.05. The Morgan fingerprint density at radius 3 is 2.53 bits per heavy atom. The lowest BCUT2D eigenvalue weighted by Crippen LogP contribution is -2.63. The molecule has 0 saturated carbocycles. The number of morpholine rings is 1. The van der Waals surface area contributed by atoms with Crippen LogP contribution in [0.3, 0.4) is 0 Å². The maximum Gasteiger partial charge on any atom is 0.110 e. The average Bonchev–Trinajstić information content (AvgIpc) is 2.37. The van der Waals surface area contributed by atoms with Crippen LogP contribution in [-0.2, 0) is 9.47 Å². The molecule has 0 unspecified atom stereocenters. The first-order chi connectivity index (χ1) is 8.22. The van der Waals surface area contributed by atoms with Crippen LogP contribution in [0.2, 0.25) is 0 Å². The molecule has 4 atom stereocenters. The lowest BCUT2D eigenvalue weighted by molar-refractivity contribution is -0.172. The molecule has 100 valence electrons. The monoisotopic (exact) mass is 248 g/mol. The van der Waals surface area contributed by atoms with Crippen molar-refractivity contribution in [2.24, 2.45) is 0 Å². The number of ether oxygens (including phenoxy) is 2. The molecule has 17 heavy (non-hydrogen) atoms. The topological polar surface area (TPSA) is 94.4 Å². The summed E-state index contributed by atoms with van der Waals surface area (Å²) in [4.78, 5) is 0. The first-order valence-electron chi connectivity index (χ1n) is 5.90. The number of hydrogen-bond acceptors (Lipinski definition) is 7. The van der Waals surface area contributed by atoms with Gasteiger partial charge in [0.25, 0.3) is 0 Å². The molecule has 0 bridgehead atoms. The van der Waals surface area contributed by atoms with Gasteiger partial charge in [-0.15, -0.1) is 0 Å². The molecule has 2 aliphatic heterocycles. The number of nitrogens with zero attached hydrogens (tertiary/aromatic N) is 1. The van der Waals surface area contributed by atoms with Gasteiger partial charge in [0.1, 0.15) is 18.3 Å². The van der Waals surface area contributed by atoms with Gasteiger partial charge in [0.05, 0.1) is 32.5 Å². The molecule has 0 spiro atoms. The highest BCUT2D eigenvalue weighted by atomic mass is 16.5. The summed E-state index contributed by atoms with van der Waals surface area (Å²) in [6.07, 6.45) is -2.70. The summed E-state index contributed by atoms with van der Waals surface area (Å²) in [7, 11) is 0. The Morgan fingerprint density at radius 1 is 1.18 bits per heavy atom. The minimum atomic E-state index is -1.06. The van der Waals surface area contributed by atoms with E-state index in [1.807, 2.05) is 5.01 Å². The third-order valence-electron chi connectivity index (χ3n) is 3.17. The summed E-state index contributed by atoms with van der Waals surface area (Å²) in [5.41, 5.74) is 3.12. The number of hydrazine groups is 1. The van der Waals surface area contributed by atoms with Crippen LogP contribution in [-0.4, -0.2) is 84.2 Å². The number of nitrogens with one attached hydrogen (secondary N) is 1. The van der Waals surface area contributed by atoms with E-state index in [1.54, 1.807) is 0 Å². The third kappa shape index (κ3) is 3.14. The minimum absolute atomic E-state index is 0.265. The summed E-state index contributed by atoms with van der Waals surface area (Å²) in [5, 5.41) is 30.5. The van der Waals surface area contributed by atoms with E-state index in [9.17, 15) is 10.2 Å². The summed E-state index contributed by atoms with van der Waals surface area (Å²) in [6.45, 7) is 2.76. The van der Waals surface area contributed by atoms with Gasteiger partial charge in [0.15, 0.2) is 0 Å². The predicted octanol–water partition coefficient (Wildman–Crippen LogP) is -2.70. The van der Waals surface area contributed by atoms with Crippen molar-refractivity contribution in [2.45, 2.75) is 24.4 Å². The van der Waals surface area contributed by atoms with Gasteiger partial charge in [-0.05, 0) is 0 Å². The van der Waals surface area contributed by atoms with Crippen LogP contribution in [0.5, 0.6) is 0 Å². The Bertz CT molecular complexity index is 237. The van der Waals surface area contributed by atoms with Crippen molar-refractivity contribution in [2.75, 3.05) is 39.5 Å². The fourth-order valence-corrected chi connectivity index (χ4v) is 2.08. The Morgan fingerprint density at radius 2 is 1.88 bits per heavy atom. The molecule has 7 nitrogen and oxygen atoms in total. The van der Waals surface area contributed by atoms with E-state index in [0.29, 0.717) is 13.2 Å². The second-order valence-corrected chi connectivity index (χ2v) is 4.37. The van der Waals surface area contributed by atoms with Crippen molar-refractivity contribution in [3.05, 3.63) is 0 Å². The van der Waals surface area contributed by atoms with E-state index in [2.05, 4.69) is 5.43 Å². The Hall–Kier alpha value is -0.280. The molecule has 0 radical (unpaired) electrons. The number of hydrogen-bond donors (Lipinski definition) is 4. The maximum absolute atomic E-state index is 9.91. The molecule has 2 rings (SSSR count). The van der Waals surface area contributed by atoms with Crippen LogP contribution >= 0.6 is 0 Å². The highest BCUT2D eigenvalue weighted by Crippen LogP contribution is 2.15. The Kier molecular flexibility index (Phi) is 4.69. The number of rotatable bonds is 3. The first-order valence-corrected chi connectivity index (χ1v) is 5.90. The molecule has 0 amide bonds. The fraction of sp³-hybridized carbons (Fsp3) is 1.00. The lowest BCUT2D eigenvalue weighted by Gasteiger charge is -2.40. The van der Waals surface area contributed by atoms with Crippen LogP contribution in [0.15, 0.2) is 0 Å². The summed E-state index contributed by atoms with van der Waals surface area (Å²) >= 11 is 0. The zero-order valence-corrected chi connectivity index (χ0v) is 9.66. The van der Waals surface area contributed by atoms with Crippen molar-refractivity contribution >= 4 is 0 Å². The molecule has 0 aromatic carbocycles. The molecule has 2 heterocycles. The maximum atomic E-state index is 9.91. The molecular formula is C10H20N2O5. The molecular weight excluding hydrogens is 228 g/mol. The fourth-order valence-electron chi connectivity index (χ4n) is 2.08. The molecule has 0 aromatic heterocycles. The van der Waals surface area contributed by atoms with Gasteiger partial charge in [-0.2, -0.15) is 0 Å². The lowest BCUT2D eigenvalue weighted by atomic mass is 9.99. The number of aliphatic hydroxyl groups excluding tert-OH is 3. The third-order valence-corrected chi connectivity index (χ3v) is 3.17. The van der Waals surface area contributed by atoms with Crippen molar-refractivity contribution in [1.82, 2.24) is 10.4 Å². The van der Waals surface area contributed by atoms with Crippen molar-refractivity contribution in [3.63, 3.8) is 0 Å². The van der Waals surface area contributed by atoms with Gasteiger partial charge in [0.2, 0.25) is 0 Å². The number of aliphatic hydroxyl groups is 3. The highest BCUT2D eigenvalue weighted by Gasteiger charge is 2.38. The van der Waals surface area contributed by atoms with E-state index < -0.39 is 18.3 Å². The minimum Gasteiger partial charge on any atom is -0.394 e. The van der Waals surface area contributed by atoms with Gasteiger partial charge in [0, 0.05) is 13.1 Å². The van der Waals surface area contributed by atoms with Gasteiger partial charge >= 0.3 is 0 Å². The van der Waals surface area contributed by atoms with Crippen LogP contribution in [0, 0.1) is 0 Å². The van der Waals surface area contributed by atoms with E-state index in [1.165, 1.54) is 0 Å². The van der Waals surface area contributed by atoms with Crippen molar-refractivity contribution < 1.29 is 24.8 Å². The Labute approximate surface area is 99.9 Å². The van der Waals surface area contributed by atoms with E-state index in [4.69, 9.17) is 14.6 Å². The van der Waals surface area contributed by atoms with E-state index in [-0.39, 0.29) is 19.3 Å².